The number of hydrogen-bond donors (Lipinski definition) is 2. The highest BCUT2D eigenvalue weighted by molar-refractivity contribution is 7.89. The summed E-state index contributed by atoms with van der Waals surface area (Å²) in [6.07, 6.45) is 0. The zero-order chi connectivity index (χ0) is 16.0. The van der Waals surface area contributed by atoms with Gasteiger partial charge >= 0.3 is 0 Å². The molecule has 1 aromatic carbocycles. The van der Waals surface area contributed by atoms with Crippen LogP contribution in [0.15, 0.2) is 17.0 Å². The lowest BCUT2D eigenvalue weighted by molar-refractivity contribution is 0.412. The molecule has 0 radical (unpaired) electrons. The minimum absolute atomic E-state index is 0.252. The predicted octanol–water partition coefficient (Wildman–Crippen LogP) is 1.60. The third-order valence-corrected chi connectivity index (χ3v) is 4.94. The molecule has 5 nitrogen and oxygen atoms in total. The number of sulfonamides is 1. The molecule has 21 heavy (non-hydrogen) atoms. The summed E-state index contributed by atoms with van der Waals surface area (Å²) in [5, 5.41) is 3.62. The summed E-state index contributed by atoms with van der Waals surface area (Å²) in [4.78, 5) is 2.17. The minimum Gasteiger partial charge on any atom is -0.313 e. The molecule has 0 bridgehead atoms. The Bertz CT molecular complexity index is 574. The first kappa shape index (κ1) is 18.4. The van der Waals surface area contributed by atoms with E-state index in [0.29, 0.717) is 24.7 Å². The summed E-state index contributed by atoms with van der Waals surface area (Å²) in [6, 6.07) is 3.31. The van der Waals surface area contributed by atoms with E-state index in [1.807, 2.05) is 32.8 Å². The average Bonchev–Trinajstić information content (AvgIpc) is 2.38. The smallest absolute Gasteiger partial charge is 0.240 e. The molecule has 0 spiro atoms. The highest BCUT2D eigenvalue weighted by Crippen LogP contribution is 2.24. The van der Waals surface area contributed by atoms with Crippen LogP contribution in [0.2, 0.25) is 5.02 Å². The standard InChI is InChI=1S/C14H24ClN3O2S/c1-5-16-10-12-8-13(15)9-14(11(12)2)21(19,20)17-6-7-18(3)4/h8-9,16-17H,5-7,10H2,1-4H3. The maximum Gasteiger partial charge on any atom is 0.240 e. The summed E-state index contributed by atoms with van der Waals surface area (Å²) in [6.45, 7) is 6.23. The molecular formula is C14H24ClN3O2S. The number of nitrogens with zero attached hydrogens (tertiary/aromatic N) is 1. The highest BCUT2D eigenvalue weighted by Gasteiger charge is 2.19. The highest BCUT2D eigenvalue weighted by atomic mass is 35.5. The Kier molecular flexibility index (Phi) is 7.09. The van der Waals surface area contributed by atoms with Crippen LogP contribution in [0.1, 0.15) is 18.1 Å². The Morgan fingerprint density at radius 1 is 1.29 bits per heavy atom. The van der Waals surface area contributed by atoms with E-state index in [0.717, 1.165) is 17.7 Å². The van der Waals surface area contributed by atoms with Crippen LogP contribution < -0.4 is 10.0 Å². The van der Waals surface area contributed by atoms with E-state index in [1.54, 1.807) is 6.07 Å². The number of rotatable bonds is 8. The van der Waals surface area contributed by atoms with Gasteiger partial charge in [0.05, 0.1) is 4.90 Å². The second-order valence-corrected chi connectivity index (χ2v) is 7.34. The Hall–Kier alpha value is -0.660. The lowest BCUT2D eigenvalue weighted by Gasteiger charge is -2.15. The molecule has 2 N–H and O–H groups in total. The van der Waals surface area contributed by atoms with Gasteiger partial charge in [-0.1, -0.05) is 18.5 Å². The second kappa shape index (κ2) is 8.10. The van der Waals surface area contributed by atoms with E-state index in [-0.39, 0.29) is 4.90 Å². The molecule has 0 heterocycles. The Morgan fingerprint density at radius 2 is 1.95 bits per heavy atom. The van der Waals surface area contributed by atoms with Crippen molar-refractivity contribution in [3.63, 3.8) is 0 Å². The molecule has 1 aromatic rings. The Balaban J connectivity index is 3.02. The molecule has 0 aliphatic carbocycles. The molecule has 0 saturated carbocycles. The third kappa shape index (κ3) is 5.56. The SMILES string of the molecule is CCNCc1cc(Cl)cc(S(=O)(=O)NCCN(C)C)c1C. The van der Waals surface area contributed by atoms with Crippen LogP contribution in [0, 0.1) is 6.92 Å². The van der Waals surface area contributed by atoms with Gasteiger partial charge in [-0.25, -0.2) is 13.1 Å². The zero-order valence-electron chi connectivity index (χ0n) is 13.0. The quantitative estimate of drug-likeness (QED) is 0.758. The van der Waals surface area contributed by atoms with Gasteiger partial charge in [0, 0.05) is 24.7 Å². The fraction of sp³-hybridized carbons (Fsp3) is 0.571. The molecule has 0 atom stereocenters. The van der Waals surface area contributed by atoms with E-state index in [4.69, 9.17) is 11.6 Å². The topological polar surface area (TPSA) is 61.4 Å². The van der Waals surface area contributed by atoms with Crippen LogP contribution in [0.25, 0.3) is 0 Å². The first-order chi connectivity index (χ1) is 9.77. The predicted molar refractivity (Wildman–Crippen MR) is 87.3 cm³/mol. The fourth-order valence-electron chi connectivity index (χ4n) is 1.91. The number of halogens is 1. The summed E-state index contributed by atoms with van der Waals surface area (Å²) in [7, 11) is 0.247. The van der Waals surface area contributed by atoms with Crippen molar-refractivity contribution in [3.05, 3.63) is 28.3 Å². The van der Waals surface area contributed by atoms with Gasteiger partial charge in [0.2, 0.25) is 10.0 Å². The van der Waals surface area contributed by atoms with E-state index in [9.17, 15) is 8.42 Å². The summed E-state index contributed by atoms with van der Waals surface area (Å²) >= 11 is 6.06. The van der Waals surface area contributed by atoms with E-state index < -0.39 is 10.0 Å². The van der Waals surface area contributed by atoms with Crippen LogP contribution in [0.3, 0.4) is 0 Å². The summed E-state index contributed by atoms with van der Waals surface area (Å²) in [5.41, 5.74) is 1.63. The van der Waals surface area contributed by atoms with Crippen LogP contribution in [-0.2, 0) is 16.6 Å². The molecule has 7 heteroatoms. The normalized spacial score (nSPS) is 12.1. The molecular weight excluding hydrogens is 310 g/mol. The van der Waals surface area contributed by atoms with Crippen molar-refractivity contribution in [1.82, 2.24) is 14.9 Å². The minimum atomic E-state index is -3.55. The molecule has 0 aliphatic heterocycles. The number of nitrogens with one attached hydrogen (secondary N) is 2. The molecule has 0 fully saturated rings. The van der Waals surface area contributed by atoms with Crippen LogP contribution in [0.4, 0.5) is 0 Å². The molecule has 0 unspecified atom stereocenters. The fourth-order valence-corrected chi connectivity index (χ4v) is 3.55. The van der Waals surface area contributed by atoms with E-state index in [2.05, 4.69) is 10.0 Å². The van der Waals surface area contributed by atoms with Gasteiger partial charge in [-0.3, -0.25) is 0 Å². The largest absolute Gasteiger partial charge is 0.313 e. The van der Waals surface area contributed by atoms with Crippen LogP contribution in [0.5, 0.6) is 0 Å². The lowest BCUT2D eigenvalue weighted by Crippen LogP contribution is -2.32. The van der Waals surface area contributed by atoms with Gasteiger partial charge in [0.15, 0.2) is 0 Å². The summed E-state index contributed by atoms with van der Waals surface area (Å²) < 4.78 is 27.4. The lowest BCUT2D eigenvalue weighted by atomic mass is 10.1. The second-order valence-electron chi connectivity index (χ2n) is 5.17. The van der Waals surface area contributed by atoms with Crippen LogP contribution >= 0.6 is 11.6 Å². The van der Waals surface area contributed by atoms with Gasteiger partial charge in [-0.15, -0.1) is 0 Å². The Morgan fingerprint density at radius 3 is 2.52 bits per heavy atom. The molecule has 0 amide bonds. The number of benzene rings is 1. The first-order valence-electron chi connectivity index (χ1n) is 6.92. The maximum absolute atomic E-state index is 12.4. The molecule has 0 saturated heterocycles. The van der Waals surface area contributed by atoms with Crippen molar-refractivity contribution < 1.29 is 8.42 Å². The van der Waals surface area contributed by atoms with Crippen LogP contribution in [-0.4, -0.2) is 47.0 Å². The van der Waals surface area contributed by atoms with Gasteiger partial charge in [-0.2, -0.15) is 0 Å². The van der Waals surface area contributed by atoms with Crippen molar-refractivity contribution in [2.24, 2.45) is 0 Å². The molecule has 120 valence electrons. The Labute approximate surface area is 132 Å². The van der Waals surface area contributed by atoms with E-state index in [1.165, 1.54) is 6.07 Å². The number of hydrogen-bond acceptors (Lipinski definition) is 4. The molecule has 0 aliphatic rings. The zero-order valence-corrected chi connectivity index (χ0v) is 14.6. The van der Waals surface area contributed by atoms with Gasteiger partial charge in [-0.05, 0) is 50.8 Å². The average molecular weight is 334 g/mol. The first-order valence-corrected chi connectivity index (χ1v) is 8.78. The molecule has 1 rings (SSSR count). The third-order valence-electron chi connectivity index (χ3n) is 3.14. The monoisotopic (exact) mass is 333 g/mol. The van der Waals surface area contributed by atoms with Crippen molar-refractivity contribution in [3.8, 4) is 0 Å². The van der Waals surface area contributed by atoms with Gasteiger partial charge < -0.3 is 10.2 Å². The molecule has 0 aromatic heterocycles. The van der Waals surface area contributed by atoms with Crippen molar-refractivity contribution in [2.75, 3.05) is 33.7 Å². The van der Waals surface area contributed by atoms with Crippen molar-refractivity contribution in [2.45, 2.75) is 25.3 Å². The number of likely N-dealkylation sites (N-methyl/N-ethyl adjacent to an activating group) is 1. The van der Waals surface area contributed by atoms with Crippen molar-refractivity contribution in [1.29, 1.82) is 0 Å². The van der Waals surface area contributed by atoms with Gasteiger partial charge in [0.1, 0.15) is 0 Å². The van der Waals surface area contributed by atoms with Crippen molar-refractivity contribution >= 4 is 21.6 Å². The maximum atomic E-state index is 12.4. The van der Waals surface area contributed by atoms with Gasteiger partial charge in [0.25, 0.3) is 0 Å². The van der Waals surface area contributed by atoms with E-state index >= 15 is 0 Å². The summed E-state index contributed by atoms with van der Waals surface area (Å²) in [5.74, 6) is 0.